The maximum atomic E-state index is 13.0. The number of nitrogens with one attached hydrogen (secondary N) is 1. The molecule has 6 heteroatoms. The van der Waals surface area contributed by atoms with Crippen molar-refractivity contribution in [1.29, 1.82) is 0 Å². The predicted molar refractivity (Wildman–Crippen MR) is 94.9 cm³/mol. The molecule has 1 saturated heterocycles. The van der Waals surface area contributed by atoms with E-state index in [0.717, 1.165) is 16.7 Å². The Balaban J connectivity index is 1.54. The largest absolute Gasteiger partial charge is 0.454 e. The molecule has 0 aromatic heterocycles. The molecule has 2 aromatic carbocycles. The molecule has 4 rings (SSSR count). The summed E-state index contributed by atoms with van der Waals surface area (Å²) in [5.74, 6) is 1.14. The lowest BCUT2D eigenvalue weighted by Gasteiger charge is -2.22. The van der Waals surface area contributed by atoms with Crippen LogP contribution in [0.25, 0.3) is 0 Å². The number of carbonyl (C=O) groups is 2. The Labute approximate surface area is 151 Å². The van der Waals surface area contributed by atoms with Crippen LogP contribution < -0.4 is 14.8 Å². The number of nitrogens with zero attached hydrogens (tertiary/aromatic N) is 1. The van der Waals surface area contributed by atoms with Gasteiger partial charge in [0.2, 0.25) is 6.79 Å². The first-order valence-corrected chi connectivity index (χ1v) is 8.53. The van der Waals surface area contributed by atoms with E-state index >= 15 is 0 Å². The number of carbonyl (C=O) groups excluding carboxylic acids is 2. The summed E-state index contributed by atoms with van der Waals surface area (Å²) in [6.45, 7) is 4.21. The van der Waals surface area contributed by atoms with Crippen molar-refractivity contribution in [3.63, 3.8) is 0 Å². The van der Waals surface area contributed by atoms with Crippen LogP contribution in [0.5, 0.6) is 11.5 Å². The summed E-state index contributed by atoms with van der Waals surface area (Å²) in [5.41, 5.74) is 1.94. The van der Waals surface area contributed by atoms with E-state index in [1.54, 1.807) is 6.92 Å². The number of imide groups is 1. The number of hydrogen-bond donors (Lipinski definition) is 1. The van der Waals surface area contributed by atoms with Crippen molar-refractivity contribution in [1.82, 2.24) is 10.2 Å². The molecular weight excluding hydrogens is 332 g/mol. The number of ether oxygens (including phenoxy) is 2. The van der Waals surface area contributed by atoms with E-state index in [1.807, 2.05) is 49.4 Å². The Morgan fingerprint density at radius 3 is 2.69 bits per heavy atom. The van der Waals surface area contributed by atoms with Gasteiger partial charge < -0.3 is 14.8 Å². The first kappa shape index (κ1) is 16.4. The third-order valence-corrected chi connectivity index (χ3v) is 4.93. The Morgan fingerprint density at radius 1 is 1.12 bits per heavy atom. The summed E-state index contributed by atoms with van der Waals surface area (Å²) in [6, 6.07) is 13.0. The molecule has 2 aliphatic heterocycles. The van der Waals surface area contributed by atoms with Gasteiger partial charge in [0, 0.05) is 6.42 Å². The highest BCUT2D eigenvalue weighted by molar-refractivity contribution is 6.06. The van der Waals surface area contributed by atoms with Crippen molar-refractivity contribution in [2.24, 2.45) is 0 Å². The molecule has 134 valence electrons. The molecule has 1 fully saturated rings. The molecular formula is C20H20N2O4. The van der Waals surface area contributed by atoms with Crippen LogP contribution in [0.2, 0.25) is 0 Å². The third kappa shape index (κ3) is 2.77. The Bertz CT molecular complexity index is 895. The summed E-state index contributed by atoms with van der Waals surface area (Å²) in [6.07, 6.45) is 0.387. The van der Waals surface area contributed by atoms with Crippen LogP contribution in [-0.2, 0) is 17.8 Å². The maximum absolute atomic E-state index is 13.0. The predicted octanol–water partition coefficient (Wildman–Crippen LogP) is 2.78. The fourth-order valence-electron chi connectivity index (χ4n) is 3.43. The van der Waals surface area contributed by atoms with Crippen molar-refractivity contribution in [3.8, 4) is 11.5 Å². The van der Waals surface area contributed by atoms with Crippen molar-refractivity contribution in [3.05, 3.63) is 59.2 Å². The molecule has 0 radical (unpaired) electrons. The van der Waals surface area contributed by atoms with Gasteiger partial charge in [-0.05, 0) is 42.7 Å². The topological polar surface area (TPSA) is 67.9 Å². The molecule has 0 aliphatic carbocycles. The van der Waals surface area contributed by atoms with E-state index in [-0.39, 0.29) is 25.3 Å². The van der Waals surface area contributed by atoms with Gasteiger partial charge in [0.15, 0.2) is 11.5 Å². The quantitative estimate of drug-likeness (QED) is 0.859. The smallest absolute Gasteiger partial charge is 0.325 e. The molecule has 0 spiro atoms. The Hall–Kier alpha value is -3.02. The number of benzene rings is 2. The van der Waals surface area contributed by atoms with Crippen LogP contribution in [0.1, 0.15) is 23.6 Å². The van der Waals surface area contributed by atoms with Gasteiger partial charge in [-0.25, -0.2) is 4.79 Å². The minimum absolute atomic E-state index is 0.204. The molecule has 1 N–H and O–H groups in total. The molecule has 3 amide bonds. The van der Waals surface area contributed by atoms with E-state index in [2.05, 4.69) is 5.32 Å². The maximum Gasteiger partial charge on any atom is 0.325 e. The molecule has 26 heavy (non-hydrogen) atoms. The van der Waals surface area contributed by atoms with E-state index in [0.29, 0.717) is 17.9 Å². The third-order valence-electron chi connectivity index (χ3n) is 4.93. The highest BCUT2D eigenvalue weighted by Gasteiger charge is 2.47. The van der Waals surface area contributed by atoms with Gasteiger partial charge in [-0.15, -0.1) is 0 Å². The second-order valence-corrected chi connectivity index (χ2v) is 6.94. The second kappa shape index (κ2) is 6.05. The number of rotatable bonds is 4. The van der Waals surface area contributed by atoms with Crippen LogP contribution in [0.4, 0.5) is 4.79 Å². The van der Waals surface area contributed by atoms with Gasteiger partial charge in [0.25, 0.3) is 5.91 Å². The van der Waals surface area contributed by atoms with Crippen molar-refractivity contribution >= 4 is 11.9 Å². The number of hydrogen-bond acceptors (Lipinski definition) is 4. The van der Waals surface area contributed by atoms with Gasteiger partial charge in [-0.3, -0.25) is 9.69 Å². The average molecular weight is 352 g/mol. The standard InChI is InChI=1S/C20H20N2O4/c1-13-5-3-4-6-15(13)11-22-18(23)20(2,21-19(22)24)10-14-7-8-16-17(9-14)26-12-25-16/h3-9H,10-12H2,1-2H3,(H,21,24)/t20-/m1/s1. The van der Waals surface area contributed by atoms with Gasteiger partial charge in [-0.1, -0.05) is 30.3 Å². The molecule has 2 aliphatic rings. The van der Waals surface area contributed by atoms with Crippen molar-refractivity contribution in [2.45, 2.75) is 32.4 Å². The highest BCUT2D eigenvalue weighted by Crippen LogP contribution is 2.34. The van der Waals surface area contributed by atoms with Gasteiger partial charge in [0.05, 0.1) is 6.54 Å². The normalized spacial score (nSPS) is 21.2. The average Bonchev–Trinajstić information content (AvgIpc) is 3.15. The Morgan fingerprint density at radius 2 is 1.88 bits per heavy atom. The van der Waals surface area contributed by atoms with E-state index in [4.69, 9.17) is 9.47 Å². The zero-order valence-corrected chi connectivity index (χ0v) is 14.7. The molecule has 0 bridgehead atoms. The second-order valence-electron chi connectivity index (χ2n) is 6.94. The monoisotopic (exact) mass is 352 g/mol. The first-order chi connectivity index (χ1) is 12.5. The first-order valence-electron chi connectivity index (χ1n) is 8.53. The number of urea groups is 1. The van der Waals surface area contributed by atoms with Crippen LogP contribution in [0, 0.1) is 6.92 Å². The SMILES string of the molecule is Cc1ccccc1CN1C(=O)N[C@](C)(Cc2ccc3c(c2)OCO3)C1=O. The lowest BCUT2D eigenvalue weighted by Crippen LogP contribution is -2.45. The molecule has 2 aromatic rings. The fourth-order valence-corrected chi connectivity index (χ4v) is 3.43. The van der Waals surface area contributed by atoms with Crippen molar-refractivity contribution in [2.75, 3.05) is 6.79 Å². The molecule has 0 unspecified atom stereocenters. The molecule has 1 atom stereocenters. The molecule has 2 heterocycles. The van der Waals surface area contributed by atoms with Crippen LogP contribution in [-0.4, -0.2) is 29.2 Å². The van der Waals surface area contributed by atoms with E-state index in [1.165, 1.54) is 4.90 Å². The Kier molecular flexibility index (Phi) is 3.83. The minimum atomic E-state index is -0.979. The lowest BCUT2D eigenvalue weighted by molar-refractivity contribution is -0.131. The van der Waals surface area contributed by atoms with E-state index < -0.39 is 5.54 Å². The minimum Gasteiger partial charge on any atom is -0.454 e. The lowest BCUT2D eigenvalue weighted by atomic mass is 9.92. The summed E-state index contributed by atoms with van der Waals surface area (Å²) < 4.78 is 10.7. The zero-order chi connectivity index (χ0) is 18.3. The van der Waals surface area contributed by atoms with Gasteiger partial charge >= 0.3 is 6.03 Å². The summed E-state index contributed by atoms with van der Waals surface area (Å²) in [7, 11) is 0. The fraction of sp³-hybridized carbons (Fsp3) is 0.300. The van der Waals surface area contributed by atoms with Crippen LogP contribution >= 0.6 is 0 Å². The molecule has 6 nitrogen and oxygen atoms in total. The van der Waals surface area contributed by atoms with E-state index in [9.17, 15) is 9.59 Å². The zero-order valence-electron chi connectivity index (χ0n) is 14.7. The van der Waals surface area contributed by atoms with Crippen LogP contribution in [0.3, 0.4) is 0 Å². The summed E-state index contributed by atoms with van der Waals surface area (Å²) in [5, 5.41) is 2.85. The van der Waals surface area contributed by atoms with Gasteiger partial charge in [0.1, 0.15) is 5.54 Å². The summed E-state index contributed by atoms with van der Waals surface area (Å²) >= 11 is 0. The van der Waals surface area contributed by atoms with Crippen molar-refractivity contribution < 1.29 is 19.1 Å². The highest BCUT2D eigenvalue weighted by atomic mass is 16.7. The number of fused-ring (bicyclic) bond motifs is 1. The van der Waals surface area contributed by atoms with Gasteiger partial charge in [-0.2, -0.15) is 0 Å². The summed E-state index contributed by atoms with van der Waals surface area (Å²) in [4.78, 5) is 26.7. The van der Waals surface area contributed by atoms with Crippen LogP contribution in [0.15, 0.2) is 42.5 Å². The number of aryl methyl sites for hydroxylation is 1. The molecule has 0 saturated carbocycles. The number of amides is 3.